The second kappa shape index (κ2) is 5.56. The van der Waals surface area contributed by atoms with Crippen LogP contribution in [0.25, 0.3) is 0 Å². The van der Waals surface area contributed by atoms with Gasteiger partial charge in [-0.1, -0.05) is 0 Å². The third-order valence-electron chi connectivity index (χ3n) is 1.56. The number of nitriles is 1. The van der Waals surface area contributed by atoms with Crippen molar-refractivity contribution in [1.29, 1.82) is 5.26 Å². The van der Waals surface area contributed by atoms with Crippen molar-refractivity contribution >= 4 is 5.97 Å². The standard InChI is InChI=1S/C8H14N2O2/c1-7(2)10(5-4-9)6-8(11)12-3/h7H,5-6H2,1-3H3. The van der Waals surface area contributed by atoms with Crippen molar-refractivity contribution in [3.8, 4) is 6.07 Å². The molecule has 0 heterocycles. The zero-order chi connectivity index (χ0) is 9.56. The molecule has 0 aromatic heterocycles. The highest BCUT2D eigenvalue weighted by Gasteiger charge is 2.12. The first-order chi connectivity index (χ1) is 5.61. The van der Waals surface area contributed by atoms with E-state index in [1.54, 1.807) is 4.90 Å². The Morgan fingerprint density at radius 2 is 2.25 bits per heavy atom. The lowest BCUT2D eigenvalue weighted by Gasteiger charge is -2.21. The molecule has 0 amide bonds. The van der Waals surface area contributed by atoms with Crippen molar-refractivity contribution < 1.29 is 9.53 Å². The van der Waals surface area contributed by atoms with Crippen LogP contribution in [0.15, 0.2) is 0 Å². The summed E-state index contributed by atoms with van der Waals surface area (Å²) < 4.78 is 4.49. The van der Waals surface area contributed by atoms with Gasteiger partial charge in [-0.2, -0.15) is 5.26 Å². The van der Waals surface area contributed by atoms with E-state index < -0.39 is 0 Å². The average Bonchev–Trinajstić information content (AvgIpc) is 2.03. The largest absolute Gasteiger partial charge is 0.468 e. The van der Waals surface area contributed by atoms with Crippen LogP contribution in [0.5, 0.6) is 0 Å². The molecule has 0 radical (unpaired) electrons. The van der Waals surface area contributed by atoms with Crippen molar-refractivity contribution in [3.05, 3.63) is 0 Å². The number of methoxy groups -OCH3 is 1. The Bertz CT molecular complexity index is 184. The number of carbonyl (C=O) groups is 1. The van der Waals surface area contributed by atoms with E-state index >= 15 is 0 Å². The maximum atomic E-state index is 10.8. The highest BCUT2D eigenvalue weighted by Crippen LogP contribution is 1.96. The lowest BCUT2D eigenvalue weighted by molar-refractivity contribution is -0.142. The van der Waals surface area contributed by atoms with E-state index in [1.165, 1.54) is 7.11 Å². The number of rotatable bonds is 4. The maximum Gasteiger partial charge on any atom is 0.319 e. The van der Waals surface area contributed by atoms with Crippen molar-refractivity contribution in [2.45, 2.75) is 19.9 Å². The Kier molecular flexibility index (Phi) is 5.06. The van der Waals surface area contributed by atoms with Crippen LogP contribution < -0.4 is 0 Å². The van der Waals surface area contributed by atoms with Crippen LogP contribution in [0.4, 0.5) is 0 Å². The third kappa shape index (κ3) is 3.94. The summed E-state index contributed by atoms with van der Waals surface area (Å²) in [7, 11) is 1.34. The molecule has 0 aromatic carbocycles. The minimum absolute atomic E-state index is 0.182. The minimum atomic E-state index is -0.307. The van der Waals surface area contributed by atoms with Crippen molar-refractivity contribution in [3.63, 3.8) is 0 Å². The molecule has 0 atom stereocenters. The summed E-state index contributed by atoms with van der Waals surface area (Å²) in [6.45, 7) is 4.30. The maximum absolute atomic E-state index is 10.8. The monoisotopic (exact) mass is 170 g/mol. The van der Waals surface area contributed by atoms with Gasteiger partial charge in [-0.15, -0.1) is 0 Å². The van der Waals surface area contributed by atoms with Crippen molar-refractivity contribution in [2.24, 2.45) is 0 Å². The number of hydrogen-bond acceptors (Lipinski definition) is 4. The summed E-state index contributed by atoms with van der Waals surface area (Å²) in [6.07, 6.45) is 0. The lowest BCUT2D eigenvalue weighted by Crippen LogP contribution is -2.36. The van der Waals surface area contributed by atoms with E-state index in [1.807, 2.05) is 19.9 Å². The Morgan fingerprint density at radius 3 is 2.58 bits per heavy atom. The average molecular weight is 170 g/mol. The van der Waals surface area contributed by atoms with Gasteiger partial charge in [-0.3, -0.25) is 9.69 Å². The molecule has 0 aliphatic heterocycles. The molecule has 68 valence electrons. The number of carbonyl (C=O) groups excluding carboxylic acids is 1. The van der Waals surface area contributed by atoms with Crippen LogP contribution in [-0.4, -0.2) is 37.1 Å². The Labute approximate surface area is 72.7 Å². The number of nitrogens with zero attached hydrogens (tertiary/aromatic N) is 2. The first-order valence-electron chi connectivity index (χ1n) is 3.79. The van der Waals surface area contributed by atoms with Crippen LogP contribution in [0, 0.1) is 11.3 Å². The highest BCUT2D eigenvalue weighted by atomic mass is 16.5. The van der Waals surface area contributed by atoms with Gasteiger partial charge >= 0.3 is 5.97 Å². The molecule has 0 aliphatic rings. The summed E-state index contributed by atoms with van der Waals surface area (Å²) in [5, 5.41) is 8.43. The number of esters is 1. The van der Waals surface area contributed by atoms with Gasteiger partial charge in [0, 0.05) is 6.04 Å². The molecular weight excluding hydrogens is 156 g/mol. The quantitative estimate of drug-likeness (QED) is 0.452. The van der Waals surface area contributed by atoms with Gasteiger partial charge in [0.15, 0.2) is 0 Å². The van der Waals surface area contributed by atoms with Gasteiger partial charge < -0.3 is 4.74 Å². The molecule has 0 saturated carbocycles. The minimum Gasteiger partial charge on any atom is -0.468 e. The summed E-state index contributed by atoms with van der Waals surface area (Å²) in [5.41, 5.74) is 0. The zero-order valence-corrected chi connectivity index (χ0v) is 7.70. The van der Waals surface area contributed by atoms with Gasteiger partial charge in [0.2, 0.25) is 0 Å². The first-order valence-corrected chi connectivity index (χ1v) is 3.79. The van der Waals surface area contributed by atoms with E-state index in [4.69, 9.17) is 5.26 Å². The first kappa shape index (κ1) is 10.9. The van der Waals surface area contributed by atoms with Crippen molar-refractivity contribution in [2.75, 3.05) is 20.2 Å². The van der Waals surface area contributed by atoms with Crippen LogP contribution in [0.2, 0.25) is 0 Å². The molecule has 0 spiro atoms. The molecule has 4 nitrogen and oxygen atoms in total. The van der Waals surface area contributed by atoms with E-state index in [0.717, 1.165) is 0 Å². The fourth-order valence-electron chi connectivity index (χ4n) is 0.742. The molecule has 0 fully saturated rings. The molecule has 4 heteroatoms. The SMILES string of the molecule is COC(=O)CN(CC#N)C(C)C. The summed E-state index contributed by atoms with van der Waals surface area (Å²) in [6, 6.07) is 2.18. The fourth-order valence-corrected chi connectivity index (χ4v) is 0.742. The van der Waals surface area contributed by atoms with Gasteiger partial charge in [-0.05, 0) is 13.8 Å². The molecule has 0 bridgehead atoms. The third-order valence-corrected chi connectivity index (χ3v) is 1.56. The summed E-state index contributed by atoms with van der Waals surface area (Å²) in [5.74, 6) is -0.307. The van der Waals surface area contributed by atoms with Crippen LogP contribution >= 0.6 is 0 Å². The molecule has 0 N–H and O–H groups in total. The van der Waals surface area contributed by atoms with Crippen LogP contribution in [-0.2, 0) is 9.53 Å². The van der Waals surface area contributed by atoms with Gasteiger partial charge in [0.05, 0.1) is 26.3 Å². The van der Waals surface area contributed by atoms with E-state index in [9.17, 15) is 4.79 Å². The second-order valence-corrected chi connectivity index (χ2v) is 2.73. The summed E-state index contributed by atoms with van der Waals surface area (Å²) >= 11 is 0. The highest BCUT2D eigenvalue weighted by molar-refractivity contribution is 5.71. The molecule has 0 saturated heterocycles. The number of ether oxygens (including phenoxy) is 1. The van der Waals surface area contributed by atoms with Crippen molar-refractivity contribution in [1.82, 2.24) is 4.90 Å². The molecule has 0 unspecified atom stereocenters. The Morgan fingerprint density at radius 1 is 1.67 bits per heavy atom. The summed E-state index contributed by atoms with van der Waals surface area (Å²) in [4.78, 5) is 12.6. The smallest absolute Gasteiger partial charge is 0.319 e. The zero-order valence-electron chi connectivity index (χ0n) is 7.70. The lowest BCUT2D eigenvalue weighted by atomic mass is 10.3. The van der Waals surface area contributed by atoms with Crippen LogP contribution in [0.3, 0.4) is 0 Å². The topological polar surface area (TPSA) is 53.3 Å². The molecule has 0 rings (SSSR count). The Hall–Kier alpha value is -1.08. The predicted molar refractivity (Wildman–Crippen MR) is 44.3 cm³/mol. The van der Waals surface area contributed by atoms with E-state index in [0.29, 0.717) is 0 Å². The van der Waals surface area contributed by atoms with E-state index in [2.05, 4.69) is 4.74 Å². The van der Waals surface area contributed by atoms with Gasteiger partial charge in [0.1, 0.15) is 0 Å². The number of hydrogen-bond donors (Lipinski definition) is 0. The molecule has 0 aromatic rings. The predicted octanol–water partition coefficient (Wildman–Crippen LogP) is 0.393. The molecular formula is C8H14N2O2. The normalized spacial score (nSPS) is 10.0. The molecule has 12 heavy (non-hydrogen) atoms. The van der Waals surface area contributed by atoms with Gasteiger partial charge in [0.25, 0.3) is 0 Å². The molecule has 0 aliphatic carbocycles. The second-order valence-electron chi connectivity index (χ2n) is 2.73. The fraction of sp³-hybridized carbons (Fsp3) is 0.750. The van der Waals surface area contributed by atoms with Crippen LogP contribution in [0.1, 0.15) is 13.8 Å². The van der Waals surface area contributed by atoms with Gasteiger partial charge in [-0.25, -0.2) is 0 Å². The Balaban J connectivity index is 3.97. The van der Waals surface area contributed by atoms with E-state index in [-0.39, 0.29) is 25.1 Å².